The SMILES string of the molecule is C=CCN1CC2CON(C(=S)C(=S)NC(=O)c3ccccc3)C2(c2ccc(F)s2)C1. The highest BCUT2D eigenvalue weighted by Crippen LogP contribution is 2.49. The molecule has 2 aromatic rings. The van der Waals surface area contributed by atoms with E-state index in [0.717, 1.165) is 22.8 Å². The quantitative estimate of drug-likeness (QED) is 0.555. The monoisotopic (exact) mass is 461 g/mol. The smallest absolute Gasteiger partial charge is 0.256 e. The van der Waals surface area contributed by atoms with Crippen LogP contribution in [-0.2, 0) is 10.4 Å². The maximum atomic E-state index is 13.9. The van der Waals surface area contributed by atoms with E-state index >= 15 is 0 Å². The van der Waals surface area contributed by atoms with Gasteiger partial charge in [0.25, 0.3) is 5.91 Å². The van der Waals surface area contributed by atoms with E-state index in [9.17, 15) is 9.18 Å². The lowest BCUT2D eigenvalue weighted by atomic mass is 9.86. The minimum Gasteiger partial charge on any atom is -0.310 e. The molecular weight excluding hydrogens is 441 g/mol. The van der Waals surface area contributed by atoms with Crippen molar-refractivity contribution in [3.05, 3.63) is 70.7 Å². The maximum Gasteiger partial charge on any atom is 0.256 e. The van der Waals surface area contributed by atoms with Crippen LogP contribution in [0.15, 0.2) is 55.1 Å². The lowest BCUT2D eigenvalue weighted by Crippen LogP contribution is -2.52. The van der Waals surface area contributed by atoms with Crippen molar-refractivity contribution in [2.75, 3.05) is 26.2 Å². The van der Waals surface area contributed by atoms with E-state index in [1.54, 1.807) is 35.4 Å². The fraction of sp³-hybridized carbons (Fsp3) is 0.286. The molecule has 2 saturated heterocycles. The Kier molecular flexibility index (Phi) is 6.08. The first-order chi connectivity index (χ1) is 14.5. The number of fused-ring (bicyclic) bond motifs is 1. The van der Waals surface area contributed by atoms with Crippen LogP contribution < -0.4 is 5.32 Å². The highest BCUT2D eigenvalue weighted by Gasteiger charge is 2.59. The number of thiophene rings is 1. The molecule has 1 amide bonds. The van der Waals surface area contributed by atoms with E-state index < -0.39 is 5.54 Å². The Morgan fingerprint density at radius 1 is 1.33 bits per heavy atom. The summed E-state index contributed by atoms with van der Waals surface area (Å²) in [6, 6.07) is 12.0. The normalized spacial score (nSPS) is 23.2. The summed E-state index contributed by atoms with van der Waals surface area (Å²) in [7, 11) is 0. The predicted octanol–water partition coefficient (Wildman–Crippen LogP) is 3.53. The lowest BCUT2D eigenvalue weighted by Gasteiger charge is -2.37. The van der Waals surface area contributed by atoms with Crippen LogP contribution in [0, 0.1) is 11.0 Å². The van der Waals surface area contributed by atoms with E-state index in [-0.39, 0.29) is 26.9 Å². The first-order valence-corrected chi connectivity index (χ1v) is 11.1. The van der Waals surface area contributed by atoms with E-state index in [1.165, 1.54) is 6.07 Å². The molecule has 0 bridgehead atoms. The summed E-state index contributed by atoms with van der Waals surface area (Å²) in [5.74, 6) is -0.254. The Bertz CT molecular complexity index is 996. The average Bonchev–Trinajstić information content (AvgIpc) is 3.41. The predicted molar refractivity (Wildman–Crippen MR) is 123 cm³/mol. The van der Waals surface area contributed by atoms with Crippen molar-refractivity contribution in [2.45, 2.75) is 5.54 Å². The molecule has 2 atom stereocenters. The van der Waals surface area contributed by atoms with Gasteiger partial charge in [0, 0.05) is 36.0 Å². The van der Waals surface area contributed by atoms with Gasteiger partial charge < -0.3 is 5.32 Å². The molecule has 0 aliphatic carbocycles. The standard InChI is InChI=1S/C21H20FN3O2S3/c1-2-10-24-11-15-12-27-25(21(15,13-24)16-8-9-17(22)30-16)20(29)19(28)23-18(26)14-6-4-3-5-7-14/h2-9,15H,1,10-13H2,(H,23,26,28). The van der Waals surface area contributed by atoms with Crippen molar-refractivity contribution in [1.29, 1.82) is 0 Å². The largest absolute Gasteiger partial charge is 0.310 e. The van der Waals surface area contributed by atoms with Crippen LogP contribution in [0.3, 0.4) is 0 Å². The van der Waals surface area contributed by atoms with Gasteiger partial charge in [-0.05, 0) is 24.3 Å². The van der Waals surface area contributed by atoms with E-state index in [0.29, 0.717) is 25.3 Å². The number of nitrogens with zero attached hydrogens (tertiary/aromatic N) is 2. The molecule has 2 unspecified atom stereocenters. The Morgan fingerprint density at radius 2 is 2.10 bits per heavy atom. The minimum absolute atomic E-state index is 0.0843. The highest BCUT2D eigenvalue weighted by molar-refractivity contribution is 7.89. The van der Waals surface area contributed by atoms with Gasteiger partial charge in [0.2, 0.25) is 0 Å². The number of amides is 1. The van der Waals surface area contributed by atoms with Crippen LogP contribution in [0.2, 0.25) is 0 Å². The first kappa shape index (κ1) is 21.2. The van der Waals surface area contributed by atoms with Gasteiger partial charge in [0.15, 0.2) is 10.1 Å². The Morgan fingerprint density at radius 3 is 2.77 bits per heavy atom. The number of rotatable bonds is 4. The van der Waals surface area contributed by atoms with E-state index in [2.05, 4.69) is 16.8 Å². The molecule has 1 aromatic heterocycles. The molecule has 30 heavy (non-hydrogen) atoms. The fourth-order valence-electron chi connectivity index (χ4n) is 4.10. The molecule has 1 N–H and O–H groups in total. The summed E-state index contributed by atoms with van der Waals surface area (Å²) < 4.78 is 13.9. The number of carbonyl (C=O) groups excluding carboxylic acids is 1. The molecule has 3 heterocycles. The molecule has 9 heteroatoms. The molecule has 2 aliphatic heterocycles. The molecule has 4 rings (SSSR count). The number of hydroxylamine groups is 2. The number of hydrogen-bond donors (Lipinski definition) is 1. The van der Waals surface area contributed by atoms with Gasteiger partial charge in [-0.1, -0.05) is 48.7 Å². The zero-order valence-electron chi connectivity index (χ0n) is 16.0. The maximum absolute atomic E-state index is 13.9. The second kappa shape index (κ2) is 8.60. The van der Waals surface area contributed by atoms with Crippen molar-refractivity contribution in [3.63, 3.8) is 0 Å². The van der Waals surface area contributed by atoms with Crippen LogP contribution in [0.25, 0.3) is 0 Å². The van der Waals surface area contributed by atoms with Gasteiger partial charge in [-0.25, -0.2) is 5.06 Å². The van der Waals surface area contributed by atoms with Gasteiger partial charge in [-0.15, -0.1) is 17.9 Å². The van der Waals surface area contributed by atoms with Gasteiger partial charge in [0.1, 0.15) is 10.5 Å². The number of benzene rings is 1. The van der Waals surface area contributed by atoms with E-state index in [1.807, 2.05) is 12.1 Å². The zero-order chi connectivity index (χ0) is 21.3. The van der Waals surface area contributed by atoms with Crippen molar-refractivity contribution in [2.24, 2.45) is 5.92 Å². The Balaban J connectivity index is 1.60. The summed E-state index contributed by atoms with van der Waals surface area (Å²) in [6.45, 7) is 6.33. The van der Waals surface area contributed by atoms with Gasteiger partial charge in [0.05, 0.1) is 6.61 Å². The average molecular weight is 462 g/mol. The van der Waals surface area contributed by atoms with Crippen LogP contribution in [0.4, 0.5) is 4.39 Å². The van der Waals surface area contributed by atoms with Crippen LogP contribution in [0.5, 0.6) is 0 Å². The number of likely N-dealkylation sites (tertiary alicyclic amines) is 1. The zero-order valence-corrected chi connectivity index (χ0v) is 18.5. The van der Waals surface area contributed by atoms with Crippen LogP contribution in [0.1, 0.15) is 15.2 Å². The van der Waals surface area contributed by atoms with Crippen LogP contribution in [-0.4, -0.2) is 52.1 Å². The summed E-state index contributed by atoms with van der Waals surface area (Å²) in [5, 5.41) is 4.03. The Labute approximate surface area is 189 Å². The molecule has 2 fully saturated rings. The second-order valence-electron chi connectivity index (χ2n) is 7.25. The molecule has 2 aliphatic rings. The number of hydrogen-bond acceptors (Lipinski definition) is 6. The number of thiocarbonyl (C=S) groups is 2. The topological polar surface area (TPSA) is 44.8 Å². The summed E-state index contributed by atoms with van der Waals surface area (Å²) >= 11 is 12.2. The lowest BCUT2D eigenvalue weighted by molar-refractivity contribution is -0.0993. The first-order valence-electron chi connectivity index (χ1n) is 9.42. The molecule has 156 valence electrons. The summed E-state index contributed by atoms with van der Waals surface area (Å²) in [6.07, 6.45) is 1.85. The van der Waals surface area contributed by atoms with E-state index in [4.69, 9.17) is 29.3 Å². The molecule has 0 spiro atoms. The third-order valence-electron chi connectivity index (χ3n) is 5.41. The van der Waals surface area contributed by atoms with Crippen molar-refractivity contribution in [3.8, 4) is 0 Å². The van der Waals surface area contributed by atoms with Crippen molar-refractivity contribution < 1.29 is 14.0 Å². The second-order valence-corrected chi connectivity index (χ2v) is 9.08. The van der Waals surface area contributed by atoms with Gasteiger partial charge in [-0.2, -0.15) is 4.39 Å². The summed E-state index contributed by atoms with van der Waals surface area (Å²) in [4.78, 5) is 21.9. The van der Waals surface area contributed by atoms with Crippen LogP contribution >= 0.6 is 35.8 Å². The number of carbonyl (C=O) groups is 1. The Hall–Kier alpha value is -2.04. The highest BCUT2D eigenvalue weighted by atomic mass is 32.1. The molecular formula is C21H20FN3O2S3. The summed E-state index contributed by atoms with van der Waals surface area (Å²) in [5.41, 5.74) is -0.174. The van der Waals surface area contributed by atoms with Gasteiger partial charge in [-0.3, -0.25) is 14.5 Å². The number of halogens is 1. The molecule has 1 aromatic carbocycles. The molecule has 5 nitrogen and oxygen atoms in total. The third-order valence-corrected chi connectivity index (χ3v) is 7.25. The molecule has 0 radical (unpaired) electrons. The third kappa shape index (κ3) is 3.72. The molecule has 0 saturated carbocycles. The van der Waals surface area contributed by atoms with Crippen molar-refractivity contribution in [1.82, 2.24) is 15.3 Å². The number of nitrogens with one attached hydrogen (secondary N) is 1. The van der Waals surface area contributed by atoms with Gasteiger partial charge >= 0.3 is 0 Å². The minimum atomic E-state index is -0.656. The van der Waals surface area contributed by atoms with Crippen molar-refractivity contribution >= 4 is 51.7 Å². The fourth-order valence-corrected chi connectivity index (χ4v) is 5.51.